The van der Waals surface area contributed by atoms with Gasteiger partial charge in [-0.25, -0.2) is 15.0 Å². The summed E-state index contributed by atoms with van der Waals surface area (Å²) in [5.41, 5.74) is 1.85. The van der Waals surface area contributed by atoms with Crippen LogP contribution in [0.15, 0.2) is 22.0 Å². The first-order valence-electron chi connectivity index (χ1n) is 6.30. The molecule has 0 amide bonds. The van der Waals surface area contributed by atoms with Crippen LogP contribution in [0.2, 0.25) is 0 Å². The molecule has 2 aromatic heterocycles. The van der Waals surface area contributed by atoms with Crippen molar-refractivity contribution in [2.75, 3.05) is 11.9 Å². The maximum atomic E-state index is 5.29. The minimum atomic E-state index is 0.655. The van der Waals surface area contributed by atoms with E-state index in [0.29, 0.717) is 11.0 Å². The smallest absolute Gasteiger partial charge is 0.256 e. The molecule has 0 aliphatic carbocycles. The predicted molar refractivity (Wildman–Crippen MR) is 76.4 cm³/mol. The summed E-state index contributed by atoms with van der Waals surface area (Å²) in [5.74, 6) is 2.33. The molecule has 0 aromatic carbocycles. The second-order valence-corrected chi connectivity index (χ2v) is 5.21. The number of anilines is 1. The maximum Gasteiger partial charge on any atom is 0.256 e. The van der Waals surface area contributed by atoms with E-state index in [2.05, 4.69) is 27.2 Å². The minimum Gasteiger partial charge on any atom is -0.440 e. The van der Waals surface area contributed by atoms with E-state index >= 15 is 0 Å². The first-order chi connectivity index (χ1) is 9.17. The van der Waals surface area contributed by atoms with Crippen molar-refractivity contribution in [1.29, 1.82) is 0 Å². The van der Waals surface area contributed by atoms with Crippen LogP contribution >= 0.6 is 11.8 Å². The lowest BCUT2D eigenvalue weighted by Crippen LogP contribution is -2.05. The lowest BCUT2D eigenvalue weighted by molar-refractivity contribution is 0.454. The van der Waals surface area contributed by atoms with Gasteiger partial charge < -0.3 is 9.73 Å². The highest BCUT2D eigenvalue weighted by Gasteiger charge is 2.06. The molecular weight excluding hydrogens is 260 g/mol. The van der Waals surface area contributed by atoms with Gasteiger partial charge in [0, 0.05) is 18.3 Å². The van der Waals surface area contributed by atoms with Gasteiger partial charge in [0.15, 0.2) is 0 Å². The van der Waals surface area contributed by atoms with Crippen molar-refractivity contribution in [3.63, 3.8) is 0 Å². The quantitative estimate of drug-likeness (QED) is 0.819. The largest absolute Gasteiger partial charge is 0.440 e. The van der Waals surface area contributed by atoms with Gasteiger partial charge in [0.05, 0.1) is 11.4 Å². The third kappa shape index (κ3) is 4.24. The van der Waals surface area contributed by atoms with Gasteiger partial charge in [-0.05, 0) is 20.3 Å². The van der Waals surface area contributed by atoms with Crippen LogP contribution in [0.5, 0.6) is 0 Å². The molecule has 2 rings (SSSR count). The van der Waals surface area contributed by atoms with Crippen LogP contribution in [0.1, 0.15) is 30.6 Å². The molecule has 0 aliphatic heterocycles. The average Bonchev–Trinajstić information content (AvgIpc) is 2.79. The van der Waals surface area contributed by atoms with Gasteiger partial charge >= 0.3 is 0 Å². The Bertz CT molecular complexity index is 541. The first kappa shape index (κ1) is 13.9. The Balaban J connectivity index is 2.01. The zero-order valence-electron chi connectivity index (χ0n) is 11.4. The van der Waals surface area contributed by atoms with Crippen LogP contribution < -0.4 is 5.32 Å². The number of aromatic nitrogens is 3. The summed E-state index contributed by atoms with van der Waals surface area (Å²) in [4.78, 5) is 13.1. The highest BCUT2D eigenvalue weighted by Crippen LogP contribution is 2.21. The Hall–Kier alpha value is -1.56. The minimum absolute atomic E-state index is 0.655. The van der Waals surface area contributed by atoms with E-state index in [-0.39, 0.29) is 0 Å². The summed E-state index contributed by atoms with van der Waals surface area (Å²) >= 11 is 1.51. The molecular formula is C13H18N4OS. The number of nitrogens with one attached hydrogen (secondary N) is 1. The van der Waals surface area contributed by atoms with Crippen LogP contribution in [0.4, 0.5) is 5.82 Å². The molecule has 2 heterocycles. The van der Waals surface area contributed by atoms with Gasteiger partial charge in [0.2, 0.25) is 0 Å². The molecule has 0 unspecified atom stereocenters. The number of nitrogens with zero attached hydrogens (tertiary/aromatic N) is 3. The van der Waals surface area contributed by atoms with Gasteiger partial charge in [-0.1, -0.05) is 18.7 Å². The molecule has 0 spiro atoms. The van der Waals surface area contributed by atoms with Crippen LogP contribution in [0.25, 0.3) is 0 Å². The van der Waals surface area contributed by atoms with Crippen molar-refractivity contribution in [1.82, 2.24) is 15.0 Å². The Labute approximate surface area is 117 Å². The second-order valence-electron chi connectivity index (χ2n) is 4.28. The third-order valence-electron chi connectivity index (χ3n) is 2.38. The molecule has 19 heavy (non-hydrogen) atoms. The van der Waals surface area contributed by atoms with Gasteiger partial charge in [0.1, 0.15) is 17.9 Å². The SMILES string of the molecule is CCCNc1cc(C)nc(CSc2nc(C)co2)n1. The van der Waals surface area contributed by atoms with E-state index in [1.165, 1.54) is 11.8 Å². The molecule has 0 saturated heterocycles. The summed E-state index contributed by atoms with van der Waals surface area (Å²) in [7, 11) is 0. The molecule has 2 aromatic rings. The molecule has 0 radical (unpaired) electrons. The first-order valence-corrected chi connectivity index (χ1v) is 7.29. The van der Waals surface area contributed by atoms with E-state index in [1.807, 2.05) is 19.9 Å². The molecule has 5 nitrogen and oxygen atoms in total. The number of hydrogen-bond acceptors (Lipinski definition) is 6. The molecule has 1 N–H and O–H groups in total. The molecule has 0 atom stereocenters. The zero-order chi connectivity index (χ0) is 13.7. The number of hydrogen-bond donors (Lipinski definition) is 1. The van der Waals surface area contributed by atoms with Gasteiger partial charge in [0.25, 0.3) is 5.22 Å². The van der Waals surface area contributed by atoms with Crippen LogP contribution in [0.3, 0.4) is 0 Å². The number of rotatable bonds is 6. The Morgan fingerprint density at radius 3 is 2.74 bits per heavy atom. The molecule has 6 heteroatoms. The van der Waals surface area contributed by atoms with Crippen molar-refractivity contribution in [3.8, 4) is 0 Å². The molecule has 102 valence electrons. The summed E-state index contributed by atoms with van der Waals surface area (Å²) < 4.78 is 5.29. The topological polar surface area (TPSA) is 63.8 Å². The van der Waals surface area contributed by atoms with Crippen LogP contribution in [-0.4, -0.2) is 21.5 Å². The average molecular weight is 278 g/mol. The van der Waals surface area contributed by atoms with Crippen LogP contribution in [0, 0.1) is 13.8 Å². The van der Waals surface area contributed by atoms with Crippen LogP contribution in [-0.2, 0) is 5.75 Å². The molecule has 0 fully saturated rings. The van der Waals surface area contributed by atoms with Gasteiger partial charge in [-0.15, -0.1) is 0 Å². The van der Waals surface area contributed by atoms with E-state index in [1.54, 1.807) is 6.26 Å². The highest BCUT2D eigenvalue weighted by atomic mass is 32.2. The van der Waals surface area contributed by atoms with Crippen molar-refractivity contribution in [2.24, 2.45) is 0 Å². The Morgan fingerprint density at radius 1 is 1.21 bits per heavy atom. The van der Waals surface area contributed by atoms with E-state index in [4.69, 9.17) is 4.42 Å². The fraction of sp³-hybridized carbons (Fsp3) is 0.462. The number of thioether (sulfide) groups is 1. The number of oxazole rings is 1. The van der Waals surface area contributed by atoms with Crippen molar-refractivity contribution < 1.29 is 4.42 Å². The normalized spacial score (nSPS) is 10.7. The molecule has 0 bridgehead atoms. The summed E-state index contributed by atoms with van der Waals surface area (Å²) in [6.45, 7) is 6.93. The summed E-state index contributed by atoms with van der Waals surface area (Å²) in [6.07, 6.45) is 2.72. The van der Waals surface area contributed by atoms with E-state index in [9.17, 15) is 0 Å². The summed E-state index contributed by atoms with van der Waals surface area (Å²) in [5, 5.41) is 3.94. The maximum absolute atomic E-state index is 5.29. The van der Waals surface area contributed by atoms with Crippen molar-refractivity contribution in [2.45, 2.75) is 38.2 Å². The lowest BCUT2D eigenvalue weighted by Gasteiger charge is -2.06. The fourth-order valence-electron chi connectivity index (χ4n) is 1.56. The summed E-state index contributed by atoms with van der Waals surface area (Å²) in [6, 6.07) is 1.96. The van der Waals surface area contributed by atoms with Gasteiger partial charge in [-0.2, -0.15) is 0 Å². The van der Waals surface area contributed by atoms with Crippen molar-refractivity contribution >= 4 is 17.6 Å². The molecule has 0 aliphatic rings. The fourth-order valence-corrected chi connectivity index (χ4v) is 2.27. The standard InChI is InChI=1S/C13H18N4OS/c1-4-5-14-11-6-9(2)15-12(17-11)8-19-13-16-10(3)7-18-13/h6-7H,4-5,8H2,1-3H3,(H,14,15,17). The molecule has 0 saturated carbocycles. The van der Waals surface area contributed by atoms with Crippen molar-refractivity contribution in [3.05, 3.63) is 29.5 Å². The highest BCUT2D eigenvalue weighted by molar-refractivity contribution is 7.98. The van der Waals surface area contributed by atoms with Gasteiger partial charge in [-0.3, -0.25) is 0 Å². The Morgan fingerprint density at radius 2 is 2.05 bits per heavy atom. The zero-order valence-corrected chi connectivity index (χ0v) is 12.3. The second kappa shape index (κ2) is 6.56. The Kier molecular flexibility index (Phi) is 4.79. The predicted octanol–water partition coefficient (Wildman–Crippen LogP) is 3.20. The lowest BCUT2D eigenvalue weighted by atomic mass is 10.4. The number of aryl methyl sites for hydroxylation is 2. The third-order valence-corrected chi connectivity index (χ3v) is 3.22. The van der Waals surface area contributed by atoms with E-state index < -0.39 is 0 Å². The van der Waals surface area contributed by atoms with E-state index in [0.717, 1.165) is 36.0 Å². The monoisotopic (exact) mass is 278 g/mol.